The highest BCUT2D eigenvalue weighted by atomic mass is 16.5. The minimum absolute atomic E-state index is 0.0184. The third-order valence-electron chi connectivity index (χ3n) is 4.57. The van der Waals surface area contributed by atoms with E-state index in [0.29, 0.717) is 29.2 Å². The van der Waals surface area contributed by atoms with Crippen LogP contribution in [0.15, 0.2) is 73.1 Å². The summed E-state index contributed by atoms with van der Waals surface area (Å²) < 4.78 is 5.55. The third-order valence-corrected chi connectivity index (χ3v) is 4.57. The van der Waals surface area contributed by atoms with Gasteiger partial charge >= 0.3 is 0 Å². The third kappa shape index (κ3) is 3.86. The van der Waals surface area contributed by atoms with Crippen molar-refractivity contribution in [2.45, 2.75) is 6.42 Å². The number of rotatable bonds is 5. The average Bonchev–Trinajstić information content (AvgIpc) is 2.74. The fourth-order valence-electron chi connectivity index (χ4n) is 3.12. The second-order valence-electron chi connectivity index (χ2n) is 6.44. The number of aromatic nitrogens is 1. The normalized spacial score (nSPS) is 12.9. The molecule has 1 aromatic heterocycles. The van der Waals surface area contributed by atoms with Crippen molar-refractivity contribution >= 4 is 23.2 Å². The molecule has 1 aliphatic heterocycles. The summed E-state index contributed by atoms with van der Waals surface area (Å²) in [7, 11) is 0. The van der Waals surface area contributed by atoms with Gasteiger partial charge in [-0.2, -0.15) is 0 Å². The molecular formula is C22H19N3O3. The zero-order chi connectivity index (χ0) is 19.3. The van der Waals surface area contributed by atoms with Crippen molar-refractivity contribution in [3.63, 3.8) is 0 Å². The predicted molar refractivity (Wildman–Crippen MR) is 107 cm³/mol. The highest BCUT2D eigenvalue weighted by Crippen LogP contribution is 2.34. The number of hydrogen-bond donors (Lipinski definition) is 1. The number of benzene rings is 2. The lowest BCUT2D eigenvalue weighted by atomic mass is 10.1. The van der Waals surface area contributed by atoms with Gasteiger partial charge in [-0.05, 0) is 42.3 Å². The van der Waals surface area contributed by atoms with Gasteiger partial charge < -0.3 is 15.0 Å². The molecule has 0 bridgehead atoms. The molecule has 0 aliphatic carbocycles. The standard InChI is InChI=1S/C22H19N3O3/c26-21-15-28-20-7-6-18(24-22(27)17-8-11-23-12-9-17)14-19(20)25(21)13-10-16-4-2-1-3-5-16/h1-9,11-12,14H,10,13,15H2,(H,24,27). The molecule has 0 fully saturated rings. The monoisotopic (exact) mass is 373 g/mol. The van der Waals surface area contributed by atoms with Gasteiger partial charge in [0.1, 0.15) is 5.75 Å². The first kappa shape index (κ1) is 17.7. The van der Waals surface area contributed by atoms with Crippen LogP contribution in [0.1, 0.15) is 15.9 Å². The number of nitrogens with one attached hydrogen (secondary N) is 1. The highest BCUT2D eigenvalue weighted by Gasteiger charge is 2.25. The number of carbonyl (C=O) groups excluding carboxylic acids is 2. The first-order valence-electron chi connectivity index (χ1n) is 9.03. The van der Waals surface area contributed by atoms with Crippen LogP contribution in [0, 0.1) is 0 Å². The molecule has 0 radical (unpaired) electrons. The Kier molecular flexibility index (Phi) is 5.01. The Morgan fingerprint density at radius 1 is 1.07 bits per heavy atom. The molecule has 2 aromatic carbocycles. The van der Waals surface area contributed by atoms with Gasteiger partial charge in [-0.15, -0.1) is 0 Å². The summed E-state index contributed by atoms with van der Waals surface area (Å²) in [5.41, 5.74) is 2.94. The molecule has 1 N–H and O–H groups in total. The van der Waals surface area contributed by atoms with Crippen LogP contribution in [0.2, 0.25) is 0 Å². The number of pyridine rings is 1. The molecule has 0 saturated carbocycles. The van der Waals surface area contributed by atoms with Gasteiger partial charge in [-0.1, -0.05) is 30.3 Å². The van der Waals surface area contributed by atoms with E-state index in [9.17, 15) is 9.59 Å². The van der Waals surface area contributed by atoms with Crippen LogP contribution in [-0.4, -0.2) is 29.9 Å². The molecule has 0 unspecified atom stereocenters. The van der Waals surface area contributed by atoms with Gasteiger partial charge in [0.25, 0.3) is 11.8 Å². The number of amides is 2. The van der Waals surface area contributed by atoms with E-state index >= 15 is 0 Å². The van der Waals surface area contributed by atoms with Crippen molar-refractivity contribution in [2.24, 2.45) is 0 Å². The lowest BCUT2D eigenvalue weighted by Crippen LogP contribution is -2.40. The maximum absolute atomic E-state index is 12.4. The zero-order valence-corrected chi connectivity index (χ0v) is 15.2. The van der Waals surface area contributed by atoms with Crippen molar-refractivity contribution in [1.29, 1.82) is 0 Å². The molecular weight excluding hydrogens is 354 g/mol. The fraction of sp³-hybridized carbons (Fsp3) is 0.136. The fourth-order valence-corrected chi connectivity index (χ4v) is 3.12. The molecule has 6 nitrogen and oxygen atoms in total. The van der Waals surface area contributed by atoms with Crippen LogP contribution >= 0.6 is 0 Å². The summed E-state index contributed by atoms with van der Waals surface area (Å²) in [6.07, 6.45) is 3.87. The Morgan fingerprint density at radius 2 is 1.86 bits per heavy atom. The Bertz CT molecular complexity index is 990. The van der Waals surface area contributed by atoms with E-state index in [-0.39, 0.29) is 18.4 Å². The maximum atomic E-state index is 12.4. The lowest BCUT2D eigenvalue weighted by Gasteiger charge is -2.30. The number of carbonyl (C=O) groups is 2. The van der Waals surface area contributed by atoms with Crippen molar-refractivity contribution in [2.75, 3.05) is 23.4 Å². The number of fused-ring (bicyclic) bond motifs is 1. The maximum Gasteiger partial charge on any atom is 0.265 e. The van der Waals surface area contributed by atoms with Crippen LogP contribution in [0.5, 0.6) is 5.75 Å². The molecule has 1 aliphatic rings. The first-order valence-corrected chi connectivity index (χ1v) is 9.03. The minimum atomic E-state index is -0.235. The van der Waals surface area contributed by atoms with Gasteiger partial charge in [0.15, 0.2) is 6.61 Å². The summed E-state index contributed by atoms with van der Waals surface area (Å²) in [6, 6.07) is 18.6. The molecule has 140 valence electrons. The van der Waals surface area contributed by atoms with Crippen LogP contribution in [-0.2, 0) is 11.2 Å². The molecule has 0 saturated heterocycles. The van der Waals surface area contributed by atoms with Gasteiger partial charge in [0.05, 0.1) is 5.69 Å². The van der Waals surface area contributed by atoms with Crippen LogP contribution in [0.4, 0.5) is 11.4 Å². The lowest BCUT2D eigenvalue weighted by molar-refractivity contribution is -0.121. The van der Waals surface area contributed by atoms with Gasteiger partial charge in [-0.3, -0.25) is 14.6 Å². The number of nitrogens with zero attached hydrogens (tertiary/aromatic N) is 2. The quantitative estimate of drug-likeness (QED) is 0.745. The Hall–Kier alpha value is -3.67. The molecule has 2 heterocycles. The number of anilines is 2. The number of ether oxygens (including phenoxy) is 1. The van der Waals surface area contributed by atoms with Gasteiger partial charge in [-0.25, -0.2) is 0 Å². The first-order chi connectivity index (χ1) is 13.7. The second-order valence-corrected chi connectivity index (χ2v) is 6.44. The largest absolute Gasteiger partial charge is 0.482 e. The van der Waals surface area contributed by atoms with E-state index in [0.717, 1.165) is 12.0 Å². The summed E-state index contributed by atoms with van der Waals surface area (Å²) in [5, 5.41) is 2.86. The van der Waals surface area contributed by atoms with Gasteiger partial charge in [0.2, 0.25) is 0 Å². The summed E-state index contributed by atoms with van der Waals surface area (Å²) in [5.74, 6) is 0.303. The van der Waals surface area contributed by atoms with E-state index < -0.39 is 0 Å². The van der Waals surface area contributed by atoms with Crippen LogP contribution < -0.4 is 15.0 Å². The topological polar surface area (TPSA) is 71.5 Å². The molecule has 28 heavy (non-hydrogen) atoms. The summed E-state index contributed by atoms with van der Waals surface area (Å²) >= 11 is 0. The average molecular weight is 373 g/mol. The second kappa shape index (κ2) is 7.92. The van der Waals surface area contributed by atoms with E-state index in [1.807, 2.05) is 30.3 Å². The Balaban J connectivity index is 1.54. The van der Waals surface area contributed by atoms with Crippen LogP contribution in [0.25, 0.3) is 0 Å². The zero-order valence-electron chi connectivity index (χ0n) is 15.2. The van der Waals surface area contributed by atoms with E-state index in [2.05, 4.69) is 10.3 Å². The van der Waals surface area contributed by atoms with Crippen molar-refractivity contribution in [1.82, 2.24) is 4.98 Å². The van der Waals surface area contributed by atoms with Gasteiger partial charge in [0, 0.05) is 30.2 Å². The Labute approximate surface area is 162 Å². The van der Waals surface area contributed by atoms with E-state index in [4.69, 9.17) is 4.74 Å². The SMILES string of the molecule is O=C(Nc1ccc2c(c1)N(CCc1ccccc1)C(=O)CO2)c1ccncc1. The van der Waals surface area contributed by atoms with E-state index in [1.165, 1.54) is 0 Å². The number of hydrogen-bond acceptors (Lipinski definition) is 4. The predicted octanol–water partition coefficient (Wildman–Crippen LogP) is 3.30. The Morgan fingerprint density at radius 3 is 2.64 bits per heavy atom. The molecule has 4 rings (SSSR count). The van der Waals surface area contributed by atoms with Crippen LogP contribution in [0.3, 0.4) is 0 Å². The molecule has 2 amide bonds. The van der Waals surface area contributed by atoms with Crippen molar-refractivity contribution in [3.05, 3.63) is 84.2 Å². The minimum Gasteiger partial charge on any atom is -0.482 e. The summed E-state index contributed by atoms with van der Waals surface area (Å²) in [4.78, 5) is 30.5. The van der Waals surface area contributed by atoms with Crippen molar-refractivity contribution in [3.8, 4) is 5.75 Å². The molecule has 3 aromatic rings. The van der Waals surface area contributed by atoms with Crippen molar-refractivity contribution < 1.29 is 14.3 Å². The summed E-state index contributed by atoms with van der Waals surface area (Å²) in [6.45, 7) is 0.561. The molecule has 0 atom stereocenters. The smallest absolute Gasteiger partial charge is 0.265 e. The molecule has 0 spiro atoms. The highest BCUT2D eigenvalue weighted by molar-refractivity contribution is 6.05. The van der Waals surface area contributed by atoms with E-state index in [1.54, 1.807) is 47.6 Å². The molecule has 6 heteroatoms.